The Kier molecular flexibility index (Phi) is 4.02. The highest BCUT2D eigenvalue weighted by Crippen LogP contribution is 2.34. The summed E-state index contributed by atoms with van der Waals surface area (Å²) in [5, 5.41) is 4.33. The Hall–Kier alpha value is -1.65. The summed E-state index contributed by atoms with van der Waals surface area (Å²) in [6.07, 6.45) is 1.12. The van der Waals surface area contributed by atoms with E-state index in [1.165, 1.54) is 0 Å². The van der Waals surface area contributed by atoms with E-state index in [0.717, 1.165) is 12.2 Å². The van der Waals surface area contributed by atoms with Gasteiger partial charge in [0.05, 0.1) is 6.61 Å². The molecule has 5 nitrogen and oxygen atoms in total. The predicted molar refractivity (Wildman–Crippen MR) is 70.0 cm³/mol. The monoisotopic (exact) mass is 264 g/mol. The number of carbonyl (C=O) groups is 2. The molecule has 1 fully saturated rings. The lowest BCUT2D eigenvalue weighted by Gasteiger charge is -2.25. The molecule has 0 amide bonds. The van der Waals surface area contributed by atoms with Gasteiger partial charge in [-0.15, -0.1) is 0 Å². The highest BCUT2D eigenvalue weighted by molar-refractivity contribution is 5.88. The molecule has 2 rings (SSSR count). The molecule has 104 valence electrons. The lowest BCUT2D eigenvalue weighted by molar-refractivity contribution is -0.124. The van der Waals surface area contributed by atoms with Gasteiger partial charge in [-0.3, -0.25) is 9.48 Å². The molecule has 1 aromatic heterocycles. The van der Waals surface area contributed by atoms with Crippen molar-refractivity contribution in [1.29, 1.82) is 0 Å². The highest BCUT2D eigenvalue weighted by Gasteiger charge is 2.32. The van der Waals surface area contributed by atoms with Crippen LogP contribution < -0.4 is 0 Å². The smallest absolute Gasteiger partial charge is 0.358 e. The number of nitrogens with zero attached hydrogens (tertiary/aromatic N) is 2. The van der Waals surface area contributed by atoms with Gasteiger partial charge in [0, 0.05) is 31.0 Å². The van der Waals surface area contributed by atoms with E-state index in [2.05, 4.69) is 18.9 Å². The van der Waals surface area contributed by atoms with E-state index in [1.807, 2.05) is 4.68 Å². The minimum absolute atomic E-state index is 0.210. The predicted octanol–water partition coefficient (Wildman–Crippen LogP) is 2.16. The van der Waals surface area contributed by atoms with Gasteiger partial charge in [0.15, 0.2) is 5.69 Å². The second kappa shape index (κ2) is 5.55. The van der Waals surface area contributed by atoms with Crippen LogP contribution in [0, 0.1) is 5.92 Å². The summed E-state index contributed by atoms with van der Waals surface area (Å²) < 4.78 is 6.83. The molecular formula is C14H20N2O3. The molecule has 19 heavy (non-hydrogen) atoms. The van der Waals surface area contributed by atoms with Crippen LogP contribution in [-0.2, 0) is 16.1 Å². The summed E-state index contributed by atoms with van der Waals surface area (Å²) in [7, 11) is 0. The number of esters is 1. The fourth-order valence-electron chi connectivity index (χ4n) is 2.26. The van der Waals surface area contributed by atoms with Crippen molar-refractivity contribution >= 4 is 11.8 Å². The normalized spacial score (nSPS) is 15.7. The van der Waals surface area contributed by atoms with Crippen LogP contribution in [-0.4, -0.2) is 28.1 Å². The van der Waals surface area contributed by atoms with Crippen LogP contribution in [0.5, 0.6) is 0 Å². The molecule has 5 heteroatoms. The number of hydrogen-bond donors (Lipinski definition) is 0. The van der Waals surface area contributed by atoms with Crippen molar-refractivity contribution in [3.05, 3.63) is 17.5 Å². The van der Waals surface area contributed by atoms with Crippen molar-refractivity contribution in [3.63, 3.8) is 0 Å². The third kappa shape index (κ3) is 3.03. The molecule has 0 unspecified atom stereocenters. The number of ketones is 1. The Bertz CT molecular complexity index is 483. The first-order valence-electron chi connectivity index (χ1n) is 6.77. The van der Waals surface area contributed by atoms with Crippen LogP contribution in [0.3, 0.4) is 0 Å². The standard InChI is InChI=1S/C14H20N2O3/c1-4-19-14(18)12-7-13(10-5-11(17)6-10)16(15-12)8-9(2)3/h7,9-10H,4-6,8H2,1-3H3. The minimum atomic E-state index is -0.392. The van der Waals surface area contributed by atoms with E-state index in [4.69, 9.17) is 4.74 Å². The molecule has 1 aliphatic carbocycles. The number of ether oxygens (including phenoxy) is 1. The molecule has 1 aliphatic rings. The van der Waals surface area contributed by atoms with Crippen LogP contribution in [0.1, 0.15) is 55.7 Å². The van der Waals surface area contributed by atoms with Crippen molar-refractivity contribution in [3.8, 4) is 0 Å². The van der Waals surface area contributed by atoms with Crippen LogP contribution in [0.15, 0.2) is 6.07 Å². The van der Waals surface area contributed by atoms with Crippen LogP contribution >= 0.6 is 0 Å². The van der Waals surface area contributed by atoms with E-state index in [-0.39, 0.29) is 11.7 Å². The number of Topliss-reactive ketones (excluding diaryl/α,β-unsaturated/α-hetero) is 1. The SMILES string of the molecule is CCOC(=O)c1cc(C2CC(=O)C2)n(CC(C)C)n1. The molecule has 0 spiro atoms. The molecule has 0 N–H and O–H groups in total. The first-order valence-corrected chi connectivity index (χ1v) is 6.77. The summed E-state index contributed by atoms with van der Waals surface area (Å²) in [5.74, 6) is 0.531. The molecule has 1 heterocycles. The Labute approximate surface area is 112 Å². The van der Waals surface area contributed by atoms with Gasteiger partial charge in [0.25, 0.3) is 0 Å². The second-order valence-electron chi connectivity index (χ2n) is 5.39. The summed E-state index contributed by atoms with van der Waals surface area (Å²) in [5.41, 5.74) is 1.33. The topological polar surface area (TPSA) is 61.2 Å². The van der Waals surface area contributed by atoms with Gasteiger partial charge < -0.3 is 4.74 Å². The zero-order valence-electron chi connectivity index (χ0n) is 11.7. The van der Waals surface area contributed by atoms with E-state index >= 15 is 0 Å². The Morgan fingerprint density at radius 1 is 1.53 bits per heavy atom. The fraction of sp³-hybridized carbons (Fsp3) is 0.643. The van der Waals surface area contributed by atoms with Gasteiger partial charge in [-0.25, -0.2) is 4.79 Å². The fourth-order valence-corrected chi connectivity index (χ4v) is 2.26. The maximum Gasteiger partial charge on any atom is 0.358 e. The van der Waals surface area contributed by atoms with Crippen molar-refractivity contribution in [2.45, 2.75) is 46.1 Å². The number of carbonyl (C=O) groups excluding carboxylic acids is 2. The first kappa shape index (κ1) is 13.8. The first-order chi connectivity index (χ1) is 9.01. The summed E-state index contributed by atoms with van der Waals surface area (Å²) >= 11 is 0. The third-order valence-corrected chi connectivity index (χ3v) is 3.20. The van der Waals surface area contributed by atoms with Gasteiger partial charge in [-0.2, -0.15) is 5.10 Å². The molecule has 1 saturated carbocycles. The molecule has 0 aliphatic heterocycles. The van der Waals surface area contributed by atoms with Gasteiger partial charge >= 0.3 is 5.97 Å². The number of aromatic nitrogens is 2. The van der Waals surface area contributed by atoms with Crippen LogP contribution in [0.2, 0.25) is 0 Å². The molecule has 1 aromatic rings. The zero-order valence-corrected chi connectivity index (χ0v) is 11.7. The highest BCUT2D eigenvalue weighted by atomic mass is 16.5. The van der Waals surface area contributed by atoms with E-state index in [1.54, 1.807) is 13.0 Å². The Morgan fingerprint density at radius 2 is 2.21 bits per heavy atom. The molecule has 0 bridgehead atoms. The average Bonchev–Trinajstić information content (AvgIpc) is 2.68. The van der Waals surface area contributed by atoms with Gasteiger partial charge in [-0.1, -0.05) is 13.8 Å². The summed E-state index contributed by atoms with van der Waals surface area (Å²) in [4.78, 5) is 22.9. The van der Waals surface area contributed by atoms with Crippen LogP contribution in [0.25, 0.3) is 0 Å². The molecule has 0 saturated heterocycles. The molecule has 0 aromatic carbocycles. The van der Waals surface area contributed by atoms with Gasteiger partial charge in [0.1, 0.15) is 5.78 Å². The summed E-state index contributed by atoms with van der Waals surface area (Å²) in [6, 6.07) is 1.78. The van der Waals surface area contributed by atoms with Crippen molar-refractivity contribution in [2.24, 2.45) is 5.92 Å². The molecule has 0 atom stereocenters. The maximum atomic E-state index is 11.7. The maximum absolute atomic E-state index is 11.7. The third-order valence-electron chi connectivity index (χ3n) is 3.20. The lowest BCUT2D eigenvalue weighted by atomic mass is 9.81. The van der Waals surface area contributed by atoms with Gasteiger partial charge in [0.2, 0.25) is 0 Å². The minimum Gasteiger partial charge on any atom is -0.461 e. The summed E-state index contributed by atoms with van der Waals surface area (Å²) in [6.45, 7) is 7.06. The second-order valence-corrected chi connectivity index (χ2v) is 5.39. The van der Waals surface area contributed by atoms with Crippen LogP contribution in [0.4, 0.5) is 0 Å². The average molecular weight is 264 g/mol. The van der Waals surface area contributed by atoms with E-state index in [0.29, 0.717) is 31.1 Å². The number of rotatable bonds is 5. The number of hydrogen-bond acceptors (Lipinski definition) is 4. The quantitative estimate of drug-likeness (QED) is 0.765. The zero-order chi connectivity index (χ0) is 14.0. The van der Waals surface area contributed by atoms with E-state index < -0.39 is 5.97 Å². The lowest BCUT2D eigenvalue weighted by Crippen LogP contribution is -2.24. The largest absolute Gasteiger partial charge is 0.461 e. The van der Waals surface area contributed by atoms with E-state index in [9.17, 15) is 9.59 Å². The van der Waals surface area contributed by atoms with Crippen molar-refractivity contribution in [2.75, 3.05) is 6.61 Å². The Balaban J connectivity index is 2.23. The Morgan fingerprint density at radius 3 is 2.74 bits per heavy atom. The molecular weight excluding hydrogens is 244 g/mol. The van der Waals surface area contributed by atoms with Gasteiger partial charge in [-0.05, 0) is 18.9 Å². The van der Waals surface area contributed by atoms with Crippen molar-refractivity contribution in [1.82, 2.24) is 9.78 Å². The molecule has 0 radical (unpaired) electrons. The van der Waals surface area contributed by atoms with Crippen molar-refractivity contribution < 1.29 is 14.3 Å².